The SMILES string of the molecule is Oc1ccc(CN2CCOC3CCCC32)cc1Br. The van der Waals surface area contributed by atoms with Gasteiger partial charge in [0.1, 0.15) is 5.75 Å². The van der Waals surface area contributed by atoms with Gasteiger partial charge in [-0.25, -0.2) is 0 Å². The Morgan fingerprint density at radius 1 is 1.39 bits per heavy atom. The number of halogens is 1. The van der Waals surface area contributed by atoms with E-state index in [0.717, 1.165) is 24.2 Å². The van der Waals surface area contributed by atoms with Gasteiger partial charge in [0.15, 0.2) is 0 Å². The molecule has 2 atom stereocenters. The molecule has 2 fully saturated rings. The number of morpholine rings is 1. The van der Waals surface area contributed by atoms with E-state index in [1.165, 1.54) is 24.8 Å². The molecule has 3 nitrogen and oxygen atoms in total. The Bertz CT molecular complexity index is 438. The first kappa shape index (κ1) is 12.5. The van der Waals surface area contributed by atoms with Gasteiger partial charge in [0.05, 0.1) is 17.2 Å². The molecule has 2 aliphatic rings. The van der Waals surface area contributed by atoms with Crippen LogP contribution in [0.3, 0.4) is 0 Å². The molecule has 3 rings (SSSR count). The first-order chi connectivity index (χ1) is 8.74. The monoisotopic (exact) mass is 311 g/mol. The molecule has 1 aliphatic heterocycles. The minimum Gasteiger partial charge on any atom is -0.507 e. The molecule has 1 N–H and O–H groups in total. The first-order valence-corrected chi connectivity index (χ1v) is 7.36. The van der Waals surface area contributed by atoms with Gasteiger partial charge in [0, 0.05) is 19.1 Å². The number of fused-ring (bicyclic) bond motifs is 1. The van der Waals surface area contributed by atoms with Crippen LogP contribution in [-0.2, 0) is 11.3 Å². The lowest BCUT2D eigenvalue weighted by atomic mass is 10.1. The van der Waals surface area contributed by atoms with E-state index < -0.39 is 0 Å². The highest BCUT2D eigenvalue weighted by molar-refractivity contribution is 9.10. The topological polar surface area (TPSA) is 32.7 Å². The van der Waals surface area contributed by atoms with Crippen LogP contribution in [0.15, 0.2) is 22.7 Å². The third-order valence-corrected chi connectivity index (χ3v) is 4.63. The molecule has 2 unspecified atom stereocenters. The van der Waals surface area contributed by atoms with E-state index >= 15 is 0 Å². The molecule has 1 aliphatic carbocycles. The summed E-state index contributed by atoms with van der Waals surface area (Å²) >= 11 is 3.37. The smallest absolute Gasteiger partial charge is 0.129 e. The molecular weight excluding hydrogens is 294 g/mol. The summed E-state index contributed by atoms with van der Waals surface area (Å²) in [7, 11) is 0. The maximum atomic E-state index is 9.52. The van der Waals surface area contributed by atoms with Crippen LogP contribution in [0, 0.1) is 0 Å². The molecule has 1 heterocycles. The largest absolute Gasteiger partial charge is 0.507 e. The molecular formula is C14H18BrNO2. The van der Waals surface area contributed by atoms with E-state index in [4.69, 9.17) is 4.74 Å². The van der Waals surface area contributed by atoms with Gasteiger partial charge in [-0.15, -0.1) is 0 Å². The van der Waals surface area contributed by atoms with Gasteiger partial charge in [-0.05, 0) is 52.9 Å². The lowest BCUT2D eigenvalue weighted by Gasteiger charge is -2.37. The van der Waals surface area contributed by atoms with Crippen molar-refractivity contribution >= 4 is 15.9 Å². The molecule has 1 saturated carbocycles. The van der Waals surface area contributed by atoms with Crippen LogP contribution in [0.4, 0.5) is 0 Å². The Labute approximate surface area is 116 Å². The number of benzene rings is 1. The van der Waals surface area contributed by atoms with E-state index in [-0.39, 0.29) is 0 Å². The van der Waals surface area contributed by atoms with E-state index in [2.05, 4.69) is 20.8 Å². The van der Waals surface area contributed by atoms with Crippen molar-refractivity contribution in [2.45, 2.75) is 38.0 Å². The van der Waals surface area contributed by atoms with Gasteiger partial charge < -0.3 is 9.84 Å². The molecule has 0 radical (unpaired) electrons. The molecule has 4 heteroatoms. The van der Waals surface area contributed by atoms with E-state index in [1.807, 2.05) is 12.1 Å². The van der Waals surface area contributed by atoms with Crippen molar-refractivity contribution in [3.63, 3.8) is 0 Å². The number of hydrogen-bond donors (Lipinski definition) is 1. The van der Waals surface area contributed by atoms with Crippen molar-refractivity contribution in [1.29, 1.82) is 0 Å². The second-order valence-electron chi connectivity index (χ2n) is 5.16. The zero-order chi connectivity index (χ0) is 12.5. The van der Waals surface area contributed by atoms with Crippen LogP contribution in [0.25, 0.3) is 0 Å². The van der Waals surface area contributed by atoms with Crippen molar-refractivity contribution < 1.29 is 9.84 Å². The number of nitrogens with zero attached hydrogens (tertiary/aromatic N) is 1. The summed E-state index contributed by atoms with van der Waals surface area (Å²) in [6, 6.07) is 6.35. The van der Waals surface area contributed by atoms with Crippen LogP contribution in [0.1, 0.15) is 24.8 Å². The summed E-state index contributed by atoms with van der Waals surface area (Å²) in [6.07, 6.45) is 4.19. The van der Waals surface area contributed by atoms with Crippen LogP contribution >= 0.6 is 15.9 Å². The average Bonchev–Trinajstić information content (AvgIpc) is 2.83. The van der Waals surface area contributed by atoms with Crippen LogP contribution in [0.5, 0.6) is 5.75 Å². The highest BCUT2D eigenvalue weighted by Crippen LogP contribution is 2.31. The Kier molecular flexibility index (Phi) is 3.59. The number of aromatic hydroxyl groups is 1. The minimum absolute atomic E-state index is 0.305. The first-order valence-electron chi connectivity index (χ1n) is 6.57. The Morgan fingerprint density at radius 3 is 3.11 bits per heavy atom. The lowest BCUT2D eigenvalue weighted by molar-refractivity contribution is -0.0588. The molecule has 0 bridgehead atoms. The second kappa shape index (κ2) is 5.19. The van der Waals surface area contributed by atoms with E-state index in [9.17, 15) is 5.11 Å². The predicted octanol–water partition coefficient (Wildman–Crippen LogP) is 2.91. The van der Waals surface area contributed by atoms with Gasteiger partial charge >= 0.3 is 0 Å². The van der Waals surface area contributed by atoms with E-state index in [1.54, 1.807) is 6.07 Å². The van der Waals surface area contributed by atoms with Crippen molar-refractivity contribution in [3.05, 3.63) is 28.2 Å². The zero-order valence-corrected chi connectivity index (χ0v) is 11.9. The zero-order valence-electron chi connectivity index (χ0n) is 10.3. The molecule has 98 valence electrons. The minimum atomic E-state index is 0.305. The molecule has 18 heavy (non-hydrogen) atoms. The number of hydrogen-bond acceptors (Lipinski definition) is 3. The number of phenols is 1. The van der Waals surface area contributed by atoms with Crippen molar-refractivity contribution in [3.8, 4) is 5.75 Å². The highest BCUT2D eigenvalue weighted by atomic mass is 79.9. The highest BCUT2D eigenvalue weighted by Gasteiger charge is 2.35. The maximum absolute atomic E-state index is 9.52. The fourth-order valence-electron chi connectivity index (χ4n) is 3.09. The fourth-order valence-corrected chi connectivity index (χ4v) is 3.51. The second-order valence-corrected chi connectivity index (χ2v) is 6.02. The molecule has 1 aromatic carbocycles. The molecule has 1 saturated heterocycles. The predicted molar refractivity (Wildman–Crippen MR) is 73.6 cm³/mol. The Hall–Kier alpha value is -0.580. The average molecular weight is 312 g/mol. The van der Waals surface area contributed by atoms with Gasteiger partial charge in [-0.3, -0.25) is 4.90 Å². The molecule has 1 aromatic rings. The quantitative estimate of drug-likeness (QED) is 0.911. The normalized spacial score (nSPS) is 28.3. The fraction of sp³-hybridized carbons (Fsp3) is 0.571. The molecule has 0 aromatic heterocycles. The van der Waals surface area contributed by atoms with Gasteiger partial charge in [-0.1, -0.05) is 6.07 Å². The maximum Gasteiger partial charge on any atom is 0.129 e. The van der Waals surface area contributed by atoms with Crippen LogP contribution in [-0.4, -0.2) is 35.3 Å². The van der Waals surface area contributed by atoms with Crippen LogP contribution < -0.4 is 0 Å². The van der Waals surface area contributed by atoms with Crippen molar-refractivity contribution in [2.24, 2.45) is 0 Å². The van der Waals surface area contributed by atoms with Gasteiger partial charge in [0.25, 0.3) is 0 Å². The molecule has 0 spiro atoms. The standard InChI is InChI=1S/C14H18BrNO2/c15-11-8-10(4-5-13(11)17)9-16-6-7-18-14-3-1-2-12(14)16/h4-5,8,12,14,17H,1-3,6-7,9H2. The summed E-state index contributed by atoms with van der Waals surface area (Å²) < 4.78 is 6.60. The Morgan fingerprint density at radius 2 is 2.28 bits per heavy atom. The summed E-state index contributed by atoms with van der Waals surface area (Å²) in [5.74, 6) is 0.305. The summed E-state index contributed by atoms with van der Waals surface area (Å²) in [5, 5.41) is 9.52. The summed E-state index contributed by atoms with van der Waals surface area (Å²) in [4.78, 5) is 2.53. The summed E-state index contributed by atoms with van der Waals surface area (Å²) in [6.45, 7) is 2.81. The summed E-state index contributed by atoms with van der Waals surface area (Å²) in [5.41, 5.74) is 1.24. The number of phenolic OH excluding ortho intramolecular Hbond substituents is 1. The van der Waals surface area contributed by atoms with Crippen LogP contribution in [0.2, 0.25) is 0 Å². The lowest BCUT2D eigenvalue weighted by Crippen LogP contribution is -2.47. The Balaban J connectivity index is 1.73. The van der Waals surface area contributed by atoms with Gasteiger partial charge in [0.2, 0.25) is 0 Å². The van der Waals surface area contributed by atoms with Crippen molar-refractivity contribution in [1.82, 2.24) is 4.90 Å². The van der Waals surface area contributed by atoms with Gasteiger partial charge in [-0.2, -0.15) is 0 Å². The number of rotatable bonds is 2. The third kappa shape index (κ3) is 2.42. The molecule has 0 amide bonds. The van der Waals surface area contributed by atoms with E-state index in [0.29, 0.717) is 17.9 Å². The number of ether oxygens (including phenoxy) is 1. The third-order valence-electron chi connectivity index (χ3n) is 3.99. The van der Waals surface area contributed by atoms with Crippen molar-refractivity contribution in [2.75, 3.05) is 13.2 Å².